The predicted octanol–water partition coefficient (Wildman–Crippen LogP) is -0.584. The Morgan fingerprint density at radius 2 is 2.14 bits per heavy atom. The summed E-state index contributed by atoms with van der Waals surface area (Å²) in [6.07, 6.45) is 1.50. The van der Waals surface area contributed by atoms with Crippen molar-refractivity contribution in [2.45, 2.75) is 30.4 Å². The van der Waals surface area contributed by atoms with Gasteiger partial charge in [-0.2, -0.15) is 0 Å². The van der Waals surface area contributed by atoms with E-state index in [4.69, 9.17) is 10.6 Å². The van der Waals surface area contributed by atoms with Crippen LogP contribution >= 0.6 is 23.1 Å². The van der Waals surface area contributed by atoms with Gasteiger partial charge in [0.05, 0.1) is 13.1 Å². The third-order valence-corrected chi connectivity index (χ3v) is 9.31. The second-order valence-corrected chi connectivity index (χ2v) is 11.3. The largest absolute Gasteiger partial charge is 0.477 e. The van der Waals surface area contributed by atoms with E-state index >= 15 is 0 Å². The zero-order chi connectivity index (χ0) is 24.9. The number of β-lactam (4-membered cyclic amide) rings is 1. The molecule has 12 nitrogen and oxygen atoms in total. The maximum atomic E-state index is 13.1. The lowest BCUT2D eigenvalue weighted by molar-refractivity contribution is -0.942. The lowest BCUT2D eigenvalue weighted by Crippen LogP contribution is -2.71. The number of fused-ring (bicyclic) bond motifs is 4. The van der Waals surface area contributed by atoms with Crippen LogP contribution in [-0.2, 0) is 19.2 Å². The number of aliphatic carboxylic acids is 1. The second kappa shape index (κ2) is 9.08. The van der Waals surface area contributed by atoms with Crippen LogP contribution in [-0.4, -0.2) is 105 Å². The van der Waals surface area contributed by atoms with Crippen molar-refractivity contribution in [3.63, 3.8) is 0 Å². The number of thioether (sulfide) groups is 1. The van der Waals surface area contributed by atoms with Crippen LogP contribution in [0.15, 0.2) is 21.8 Å². The van der Waals surface area contributed by atoms with Crippen molar-refractivity contribution >= 4 is 51.7 Å². The first-order chi connectivity index (χ1) is 16.7. The smallest absolute Gasteiger partial charge is 0.352 e. The molecular formula is C21H27N6O6S2+. The summed E-state index contributed by atoms with van der Waals surface area (Å²) in [6.45, 7) is 2.93. The maximum absolute atomic E-state index is 13.1. The third-order valence-electron chi connectivity index (χ3n) is 7.29. The Morgan fingerprint density at radius 1 is 1.40 bits per heavy atom. The zero-order valence-electron chi connectivity index (χ0n) is 19.0. The van der Waals surface area contributed by atoms with Gasteiger partial charge in [0, 0.05) is 35.5 Å². The molecule has 5 aliphatic rings. The molecule has 3 atom stereocenters. The Morgan fingerprint density at radius 3 is 2.74 bits per heavy atom. The number of carbonyl (C=O) groups excluding carboxylic acids is 2. The number of anilines is 1. The molecular weight excluding hydrogens is 496 g/mol. The number of aromatic nitrogens is 1. The minimum atomic E-state index is -1.16. The van der Waals surface area contributed by atoms with Crippen molar-refractivity contribution < 1.29 is 33.9 Å². The monoisotopic (exact) mass is 523 g/mol. The van der Waals surface area contributed by atoms with Gasteiger partial charge >= 0.3 is 5.97 Å². The number of aliphatic hydroxyl groups is 1. The fraction of sp³-hybridized carbons (Fsp3) is 0.571. The molecule has 0 aliphatic carbocycles. The minimum absolute atomic E-state index is 0.00278. The number of nitrogens with two attached hydrogens (primary N) is 1. The predicted molar refractivity (Wildman–Crippen MR) is 128 cm³/mol. The number of piperidine rings is 3. The van der Waals surface area contributed by atoms with E-state index in [1.54, 1.807) is 5.38 Å². The Kier molecular flexibility index (Phi) is 6.23. The molecule has 6 heterocycles. The number of rotatable bonds is 7. The van der Waals surface area contributed by atoms with Crippen LogP contribution in [0, 0.1) is 5.92 Å². The molecule has 0 spiro atoms. The first kappa shape index (κ1) is 24.0. The molecule has 2 bridgehead atoms. The SMILES string of the molecule is CO/N=C(\C(=O)N[C@@H]1C(=O)N2C(C(=O)O)=C(C[N+]34CCC(CC3)C(O)C4)CS[C@H]12)c1csc(N)n1. The van der Waals surface area contributed by atoms with Crippen molar-refractivity contribution in [2.75, 3.05) is 44.8 Å². The zero-order valence-corrected chi connectivity index (χ0v) is 20.7. The van der Waals surface area contributed by atoms with Gasteiger partial charge in [-0.25, -0.2) is 9.78 Å². The number of nitrogens with one attached hydrogen (secondary N) is 1. The number of oxime groups is 1. The van der Waals surface area contributed by atoms with Gasteiger partial charge in [0.15, 0.2) is 10.8 Å². The number of amides is 2. The highest BCUT2D eigenvalue weighted by molar-refractivity contribution is 8.00. The van der Waals surface area contributed by atoms with E-state index in [-0.39, 0.29) is 28.3 Å². The van der Waals surface area contributed by atoms with Gasteiger partial charge < -0.3 is 30.6 Å². The summed E-state index contributed by atoms with van der Waals surface area (Å²) >= 11 is 2.56. The van der Waals surface area contributed by atoms with Gasteiger partial charge in [-0.1, -0.05) is 5.16 Å². The fourth-order valence-corrected chi connectivity index (χ4v) is 7.47. The standard InChI is InChI=1S/C21H26N6O6S2/c1-33-25-14(12-9-35-21(22)23-12)17(29)24-15-18(30)26-16(20(31)32)11(8-34-19(15)26)6-27-4-2-10(3-5-27)13(28)7-27/h9-10,13,15,19,28H,2-8H2,1H3,(H3-,22,23,24,29,31,32)/p+1/b25-14-/t10?,13?,15-,19-,27?/m1/s1. The number of carboxylic acids is 1. The molecule has 0 saturated carbocycles. The van der Waals surface area contributed by atoms with Crippen molar-refractivity contribution in [1.29, 1.82) is 0 Å². The van der Waals surface area contributed by atoms with E-state index in [1.165, 1.54) is 23.8 Å². The number of aliphatic hydroxyl groups excluding tert-OH is 1. The van der Waals surface area contributed by atoms with Crippen LogP contribution in [0.25, 0.3) is 0 Å². The normalized spacial score (nSPS) is 32.2. The molecule has 188 valence electrons. The molecule has 5 N–H and O–H groups in total. The number of hydrogen-bond acceptors (Lipinski definition) is 10. The molecule has 1 unspecified atom stereocenters. The van der Waals surface area contributed by atoms with Crippen LogP contribution < -0.4 is 11.1 Å². The van der Waals surface area contributed by atoms with Crippen LogP contribution in [0.4, 0.5) is 5.13 Å². The van der Waals surface area contributed by atoms with E-state index < -0.39 is 29.2 Å². The number of carboxylic acid groups (broad SMARTS) is 1. The van der Waals surface area contributed by atoms with Gasteiger partial charge in [-0.15, -0.1) is 23.1 Å². The van der Waals surface area contributed by atoms with Crippen molar-refractivity contribution in [1.82, 2.24) is 15.2 Å². The number of quaternary nitrogens is 1. The van der Waals surface area contributed by atoms with E-state index in [9.17, 15) is 24.6 Å². The topological polar surface area (TPSA) is 167 Å². The molecule has 0 aromatic carbocycles. The van der Waals surface area contributed by atoms with Gasteiger partial charge in [0.1, 0.15) is 49.1 Å². The number of hydrogen-bond donors (Lipinski definition) is 4. The molecule has 1 aromatic rings. The van der Waals surface area contributed by atoms with E-state index in [2.05, 4.69) is 15.5 Å². The molecule has 14 heteroatoms. The Balaban J connectivity index is 1.34. The highest BCUT2D eigenvalue weighted by Gasteiger charge is 2.56. The quantitative estimate of drug-likeness (QED) is 0.158. The Hall–Kier alpha value is -2.68. The number of nitrogens with zero attached hydrogens (tertiary/aromatic N) is 4. The number of nitrogen functional groups attached to an aromatic ring is 1. The molecule has 6 rings (SSSR count). The van der Waals surface area contributed by atoms with Gasteiger partial charge in [0.2, 0.25) is 0 Å². The average Bonchev–Trinajstić information content (AvgIpc) is 3.26. The number of carbonyl (C=O) groups is 3. The van der Waals surface area contributed by atoms with Gasteiger partial charge in [-0.05, 0) is 0 Å². The molecule has 0 radical (unpaired) electrons. The molecule has 35 heavy (non-hydrogen) atoms. The third kappa shape index (κ3) is 4.17. The fourth-order valence-electron chi connectivity index (χ4n) is 5.58. The van der Waals surface area contributed by atoms with E-state index in [1.807, 2.05) is 0 Å². The van der Waals surface area contributed by atoms with Gasteiger partial charge in [-0.3, -0.25) is 14.5 Å². The first-order valence-corrected chi connectivity index (χ1v) is 13.2. The van der Waals surface area contributed by atoms with Crippen LogP contribution in [0.3, 0.4) is 0 Å². The maximum Gasteiger partial charge on any atom is 0.352 e. The van der Waals surface area contributed by atoms with Crippen molar-refractivity contribution in [3.05, 3.63) is 22.3 Å². The lowest BCUT2D eigenvalue weighted by Gasteiger charge is -2.53. The molecule has 4 saturated heterocycles. The van der Waals surface area contributed by atoms with Crippen LogP contribution in [0.5, 0.6) is 0 Å². The summed E-state index contributed by atoms with van der Waals surface area (Å²) in [5, 5.41) is 28.1. The summed E-state index contributed by atoms with van der Waals surface area (Å²) in [4.78, 5) is 48.3. The van der Waals surface area contributed by atoms with Crippen LogP contribution in [0.2, 0.25) is 0 Å². The Labute approximate surface area is 209 Å². The van der Waals surface area contributed by atoms with Crippen molar-refractivity contribution in [2.24, 2.45) is 11.1 Å². The van der Waals surface area contributed by atoms with E-state index in [0.717, 1.165) is 37.3 Å². The Bertz CT molecular complexity index is 1130. The molecule has 5 aliphatic heterocycles. The molecule has 4 fully saturated rings. The summed E-state index contributed by atoms with van der Waals surface area (Å²) in [5.41, 5.74) is 6.45. The highest BCUT2D eigenvalue weighted by atomic mass is 32.2. The minimum Gasteiger partial charge on any atom is -0.477 e. The lowest BCUT2D eigenvalue weighted by atomic mass is 9.83. The second-order valence-electron chi connectivity index (χ2n) is 9.35. The van der Waals surface area contributed by atoms with E-state index in [0.29, 0.717) is 34.8 Å². The highest BCUT2D eigenvalue weighted by Crippen LogP contribution is 2.42. The number of thiazole rings is 1. The first-order valence-electron chi connectivity index (χ1n) is 11.3. The van der Waals surface area contributed by atoms with Crippen molar-refractivity contribution in [3.8, 4) is 0 Å². The molecule has 1 aromatic heterocycles. The summed E-state index contributed by atoms with van der Waals surface area (Å²) in [6, 6.07) is -0.902. The summed E-state index contributed by atoms with van der Waals surface area (Å²) in [7, 11) is 1.29. The molecule has 2 amide bonds. The summed E-state index contributed by atoms with van der Waals surface area (Å²) < 4.78 is 0.658. The average molecular weight is 524 g/mol. The summed E-state index contributed by atoms with van der Waals surface area (Å²) in [5.74, 6) is -1.54. The van der Waals surface area contributed by atoms with Crippen LogP contribution in [0.1, 0.15) is 18.5 Å². The van der Waals surface area contributed by atoms with Gasteiger partial charge in [0.25, 0.3) is 11.8 Å².